The Labute approximate surface area is 127 Å². The second-order valence-electron chi connectivity index (χ2n) is 5.74. The van der Waals surface area contributed by atoms with Gasteiger partial charge in [-0.25, -0.2) is 4.57 Å². The van der Waals surface area contributed by atoms with Crippen LogP contribution in [-0.2, 0) is 12.5 Å². The Morgan fingerprint density at radius 3 is 2.43 bits per heavy atom. The van der Waals surface area contributed by atoms with Gasteiger partial charge < -0.3 is 0 Å². The highest BCUT2D eigenvalue weighted by molar-refractivity contribution is 6.05. The molecule has 108 valence electrons. The van der Waals surface area contributed by atoms with E-state index in [-0.39, 0.29) is 5.41 Å². The van der Waals surface area contributed by atoms with Crippen molar-refractivity contribution in [3.8, 4) is 0 Å². The van der Waals surface area contributed by atoms with Crippen molar-refractivity contribution in [2.75, 3.05) is 7.05 Å². The van der Waals surface area contributed by atoms with Gasteiger partial charge in [-0.2, -0.15) is 0 Å². The van der Waals surface area contributed by atoms with Crippen LogP contribution in [0.4, 0.5) is 0 Å². The zero-order valence-electron chi connectivity index (χ0n) is 13.2. The molecule has 0 spiro atoms. The summed E-state index contributed by atoms with van der Waals surface area (Å²) in [7, 11) is 3.88. The van der Waals surface area contributed by atoms with Gasteiger partial charge in [-0.1, -0.05) is 44.2 Å². The van der Waals surface area contributed by atoms with Crippen LogP contribution in [-0.4, -0.2) is 12.8 Å². The molecule has 0 saturated carbocycles. The average molecular weight is 279 g/mol. The van der Waals surface area contributed by atoms with E-state index in [9.17, 15) is 0 Å². The highest BCUT2D eigenvalue weighted by atomic mass is 14.9. The van der Waals surface area contributed by atoms with Gasteiger partial charge in [-0.3, -0.25) is 4.99 Å². The smallest absolute Gasteiger partial charge is 0.175 e. The summed E-state index contributed by atoms with van der Waals surface area (Å²) in [5, 5.41) is 0. The van der Waals surface area contributed by atoms with Gasteiger partial charge in [0.25, 0.3) is 0 Å². The Hall–Kier alpha value is -2.22. The van der Waals surface area contributed by atoms with Gasteiger partial charge in [-0.05, 0) is 23.8 Å². The molecular weight excluding hydrogens is 256 g/mol. The van der Waals surface area contributed by atoms with Crippen LogP contribution in [0, 0.1) is 0 Å². The van der Waals surface area contributed by atoms with Crippen LogP contribution in [0.3, 0.4) is 0 Å². The lowest BCUT2D eigenvalue weighted by Gasteiger charge is -2.25. The first kappa shape index (κ1) is 15.2. The highest BCUT2D eigenvalue weighted by Gasteiger charge is 2.24. The molecule has 2 heteroatoms. The average Bonchev–Trinajstić information content (AvgIpc) is 2.48. The van der Waals surface area contributed by atoms with Crippen LogP contribution in [0.2, 0.25) is 0 Å². The summed E-state index contributed by atoms with van der Waals surface area (Å²) in [5.74, 6) is 0. The van der Waals surface area contributed by atoms with Gasteiger partial charge in [0.05, 0.1) is 0 Å². The number of hydrogen-bond acceptors (Lipinski definition) is 1. The molecule has 1 aromatic heterocycles. The number of hydrogen-bond donors (Lipinski definition) is 0. The van der Waals surface area contributed by atoms with Crippen LogP contribution in [0.5, 0.6) is 0 Å². The van der Waals surface area contributed by atoms with Crippen molar-refractivity contribution in [1.82, 2.24) is 0 Å². The summed E-state index contributed by atoms with van der Waals surface area (Å²) >= 11 is 0. The van der Waals surface area contributed by atoms with Gasteiger partial charge in [-0.15, -0.1) is 0 Å². The Morgan fingerprint density at radius 1 is 1.10 bits per heavy atom. The maximum absolute atomic E-state index is 4.50. The van der Waals surface area contributed by atoms with E-state index in [0.29, 0.717) is 0 Å². The molecule has 2 nitrogen and oxygen atoms in total. The number of benzene rings is 1. The molecule has 0 saturated heterocycles. The maximum Gasteiger partial charge on any atom is 0.175 e. The Kier molecular flexibility index (Phi) is 4.69. The van der Waals surface area contributed by atoms with E-state index in [4.69, 9.17) is 0 Å². The van der Waals surface area contributed by atoms with Crippen LogP contribution in [0.1, 0.15) is 25.0 Å². The molecule has 0 bridgehead atoms. The number of rotatable bonds is 4. The maximum atomic E-state index is 4.50. The van der Waals surface area contributed by atoms with Gasteiger partial charge in [0.2, 0.25) is 0 Å². The number of allylic oxidation sites excluding steroid dienone is 1. The largest absolute Gasteiger partial charge is 0.292 e. The van der Waals surface area contributed by atoms with E-state index < -0.39 is 0 Å². The summed E-state index contributed by atoms with van der Waals surface area (Å²) in [6.07, 6.45) is 8.36. The molecule has 0 aliphatic heterocycles. The quantitative estimate of drug-likeness (QED) is 0.601. The molecule has 0 unspecified atom stereocenters. The fourth-order valence-electron chi connectivity index (χ4n) is 2.45. The third-order valence-electron chi connectivity index (χ3n) is 3.77. The van der Waals surface area contributed by atoms with Crippen LogP contribution < -0.4 is 4.57 Å². The number of aliphatic imine (C=N–C) groups is 1. The van der Waals surface area contributed by atoms with Crippen LogP contribution in [0.15, 0.2) is 65.9 Å². The van der Waals surface area contributed by atoms with E-state index in [1.54, 1.807) is 0 Å². The van der Waals surface area contributed by atoms with Gasteiger partial charge in [0.1, 0.15) is 7.05 Å². The number of nitrogens with zero attached hydrogens (tertiary/aromatic N) is 2. The second kappa shape index (κ2) is 6.49. The first-order valence-corrected chi connectivity index (χ1v) is 7.20. The van der Waals surface area contributed by atoms with Gasteiger partial charge in [0.15, 0.2) is 12.4 Å². The third kappa shape index (κ3) is 3.66. The number of aryl methyl sites for hydroxylation is 1. The van der Waals surface area contributed by atoms with Gasteiger partial charge in [0, 0.05) is 29.8 Å². The zero-order chi connectivity index (χ0) is 15.3. The molecular formula is C19H23N2+. The minimum atomic E-state index is -0.108. The van der Waals surface area contributed by atoms with Crippen molar-refractivity contribution in [2.45, 2.75) is 19.3 Å². The van der Waals surface area contributed by atoms with Crippen LogP contribution in [0.25, 0.3) is 6.08 Å². The fraction of sp³-hybridized carbons (Fsp3) is 0.263. The predicted octanol–water partition coefficient (Wildman–Crippen LogP) is 3.57. The summed E-state index contributed by atoms with van der Waals surface area (Å²) in [4.78, 5) is 4.50. The molecule has 2 rings (SSSR count). The molecule has 1 heterocycles. The SMILES string of the molecule is C/N=C(\C=C\c1ccc[n+](C)c1)C(C)(C)c1ccccc1. The Morgan fingerprint density at radius 2 is 1.81 bits per heavy atom. The van der Waals surface area contributed by atoms with E-state index in [2.05, 4.69) is 67.5 Å². The van der Waals surface area contributed by atoms with Crippen molar-refractivity contribution in [2.24, 2.45) is 12.0 Å². The summed E-state index contributed by atoms with van der Waals surface area (Å²) in [6, 6.07) is 14.6. The highest BCUT2D eigenvalue weighted by Crippen LogP contribution is 2.25. The molecule has 0 aliphatic carbocycles. The Bertz CT molecular complexity index is 652. The lowest BCUT2D eigenvalue weighted by Crippen LogP contribution is -2.28. The molecule has 0 atom stereocenters. The normalized spacial score (nSPS) is 12.9. The summed E-state index contributed by atoms with van der Waals surface area (Å²) in [5.41, 5.74) is 3.41. The topological polar surface area (TPSA) is 16.2 Å². The molecule has 0 radical (unpaired) electrons. The molecule has 2 aromatic rings. The minimum Gasteiger partial charge on any atom is -0.292 e. The summed E-state index contributed by atoms with van der Waals surface area (Å²) < 4.78 is 2.05. The predicted molar refractivity (Wildman–Crippen MR) is 89.5 cm³/mol. The first-order valence-electron chi connectivity index (χ1n) is 7.20. The molecule has 0 N–H and O–H groups in total. The van der Waals surface area contributed by atoms with Crippen molar-refractivity contribution in [3.63, 3.8) is 0 Å². The zero-order valence-corrected chi connectivity index (χ0v) is 13.2. The first-order chi connectivity index (χ1) is 10.0. The molecule has 1 aromatic carbocycles. The van der Waals surface area contributed by atoms with Gasteiger partial charge >= 0.3 is 0 Å². The van der Waals surface area contributed by atoms with E-state index >= 15 is 0 Å². The lowest BCUT2D eigenvalue weighted by atomic mass is 9.79. The second-order valence-corrected chi connectivity index (χ2v) is 5.74. The van der Waals surface area contributed by atoms with E-state index in [0.717, 1.165) is 5.71 Å². The monoisotopic (exact) mass is 279 g/mol. The van der Waals surface area contributed by atoms with Crippen molar-refractivity contribution >= 4 is 11.8 Å². The number of aromatic nitrogens is 1. The molecule has 0 amide bonds. The van der Waals surface area contributed by atoms with Crippen molar-refractivity contribution < 1.29 is 4.57 Å². The standard InChI is InChI=1S/C19H23N2/c1-19(2,17-10-6-5-7-11-17)18(20-3)13-12-16-9-8-14-21(4)15-16/h5-15H,1-4H3/q+1/b13-12+,20-18+. The third-order valence-corrected chi connectivity index (χ3v) is 3.77. The molecule has 0 fully saturated rings. The van der Waals surface area contributed by atoms with Crippen LogP contribution >= 0.6 is 0 Å². The number of pyridine rings is 1. The molecule has 0 aliphatic rings. The summed E-state index contributed by atoms with van der Waals surface area (Å²) in [6.45, 7) is 4.42. The lowest BCUT2D eigenvalue weighted by molar-refractivity contribution is -0.671. The Balaban J connectivity index is 2.28. The van der Waals surface area contributed by atoms with E-state index in [1.165, 1.54) is 11.1 Å². The minimum absolute atomic E-state index is 0.108. The van der Waals surface area contributed by atoms with E-state index in [1.807, 2.05) is 37.0 Å². The molecule has 21 heavy (non-hydrogen) atoms. The van der Waals surface area contributed by atoms with Crippen molar-refractivity contribution in [3.05, 3.63) is 72.1 Å². The van der Waals surface area contributed by atoms with Crippen molar-refractivity contribution in [1.29, 1.82) is 0 Å². The fourth-order valence-corrected chi connectivity index (χ4v) is 2.45.